The number of thiophene rings is 1. The van der Waals surface area contributed by atoms with E-state index < -0.39 is 11.7 Å². The topological polar surface area (TPSA) is 61.3 Å². The molecule has 0 N–H and O–H groups in total. The van der Waals surface area contributed by atoms with Gasteiger partial charge < -0.3 is 9.47 Å². The van der Waals surface area contributed by atoms with Gasteiger partial charge in [-0.25, -0.2) is 0 Å². The lowest BCUT2D eigenvalue weighted by Gasteiger charge is -2.09. The van der Waals surface area contributed by atoms with Gasteiger partial charge in [0.25, 0.3) is 0 Å². The number of benzene rings is 1. The standard InChI is InChI=1S/C17H11F3N2O3S/c1-24-14-7-15(25-12-6-13(8-23)26-9-12)22-16(21-14)10-2-4-11(5-3-10)17(18,19)20/h2-9H,1H3. The van der Waals surface area contributed by atoms with Gasteiger partial charge in [0.1, 0.15) is 5.75 Å². The molecule has 0 aliphatic carbocycles. The van der Waals surface area contributed by atoms with E-state index in [1.807, 2.05) is 0 Å². The van der Waals surface area contributed by atoms with Gasteiger partial charge in [0.2, 0.25) is 11.8 Å². The maximum absolute atomic E-state index is 12.7. The van der Waals surface area contributed by atoms with E-state index in [0.29, 0.717) is 22.5 Å². The molecule has 0 unspecified atom stereocenters. The van der Waals surface area contributed by atoms with Gasteiger partial charge in [0.05, 0.1) is 23.6 Å². The van der Waals surface area contributed by atoms with Gasteiger partial charge in [-0.1, -0.05) is 12.1 Å². The van der Waals surface area contributed by atoms with Crippen molar-refractivity contribution in [2.75, 3.05) is 7.11 Å². The molecule has 0 bridgehead atoms. The summed E-state index contributed by atoms with van der Waals surface area (Å²) in [6.07, 6.45) is -3.72. The first-order chi connectivity index (χ1) is 12.4. The number of ether oxygens (including phenoxy) is 2. The van der Waals surface area contributed by atoms with Crippen molar-refractivity contribution in [3.05, 3.63) is 52.2 Å². The Hall–Kier alpha value is -2.94. The normalized spacial score (nSPS) is 11.2. The van der Waals surface area contributed by atoms with E-state index >= 15 is 0 Å². The van der Waals surface area contributed by atoms with Gasteiger partial charge in [-0.15, -0.1) is 11.3 Å². The summed E-state index contributed by atoms with van der Waals surface area (Å²) in [5.74, 6) is 0.896. The van der Waals surface area contributed by atoms with Crippen LogP contribution in [0.3, 0.4) is 0 Å². The first-order valence-electron chi connectivity index (χ1n) is 7.21. The molecule has 0 fully saturated rings. The Bertz CT molecular complexity index is 924. The van der Waals surface area contributed by atoms with Crippen LogP contribution < -0.4 is 9.47 Å². The Morgan fingerprint density at radius 1 is 1.08 bits per heavy atom. The van der Waals surface area contributed by atoms with Gasteiger partial charge in [-0.3, -0.25) is 4.79 Å². The number of carbonyl (C=O) groups is 1. The number of hydrogen-bond acceptors (Lipinski definition) is 6. The molecular weight excluding hydrogens is 369 g/mol. The zero-order valence-corrected chi connectivity index (χ0v) is 14.1. The molecule has 0 aliphatic rings. The van der Waals surface area contributed by atoms with Gasteiger partial charge in [0.15, 0.2) is 12.1 Å². The van der Waals surface area contributed by atoms with Crippen molar-refractivity contribution in [3.8, 4) is 28.9 Å². The van der Waals surface area contributed by atoms with E-state index in [9.17, 15) is 18.0 Å². The maximum atomic E-state index is 12.7. The lowest BCUT2D eigenvalue weighted by atomic mass is 10.1. The largest absolute Gasteiger partial charge is 0.481 e. The van der Waals surface area contributed by atoms with Crippen molar-refractivity contribution in [1.29, 1.82) is 0 Å². The second-order valence-electron chi connectivity index (χ2n) is 5.05. The molecule has 134 valence electrons. The monoisotopic (exact) mass is 380 g/mol. The number of halogens is 3. The van der Waals surface area contributed by atoms with Crippen molar-refractivity contribution in [1.82, 2.24) is 9.97 Å². The number of rotatable bonds is 5. The molecule has 5 nitrogen and oxygen atoms in total. The minimum Gasteiger partial charge on any atom is -0.481 e. The maximum Gasteiger partial charge on any atom is 0.416 e. The molecule has 3 aromatic rings. The summed E-state index contributed by atoms with van der Waals surface area (Å²) in [4.78, 5) is 19.6. The highest BCUT2D eigenvalue weighted by atomic mass is 32.1. The third kappa shape index (κ3) is 3.99. The summed E-state index contributed by atoms with van der Waals surface area (Å²) >= 11 is 1.21. The molecule has 26 heavy (non-hydrogen) atoms. The molecule has 0 saturated carbocycles. The van der Waals surface area contributed by atoms with Gasteiger partial charge in [0, 0.05) is 17.0 Å². The SMILES string of the molecule is COc1cc(Oc2csc(C=O)c2)nc(-c2ccc(C(F)(F)F)cc2)n1. The fourth-order valence-corrected chi connectivity index (χ4v) is 2.68. The van der Waals surface area contributed by atoms with Gasteiger partial charge in [-0.2, -0.15) is 23.1 Å². The van der Waals surface area contributed by atoms with Crippen LogP contribution in [0.25, 0.3) is 11.4 Å². The van der Waals surface area contributed by atoms with Crippen LogP contribution in [0.15, 0.2) is 41.8 Å². The summed E-state index contributed by atoms with van der Waals surface area (Å²) in [5.41, 5.74) is -0.388. The van der Waals surface area contributed by atoms with Crippen LogP contribution in [-0.4, -0.2) is 23.4 Å². The average molecular weight is 380 g/mol. The molecule has 0 radical (unpaired) electrons. The molecule has 0 spiro atoms. The molecule has 3 rings (SSSR count). The third-order valence-corrected chi connectivity index (χ3v) is 4.13. The van der Waals surface area contributed by atoms with Crippen molar-refractivity contribution in [3.63, 3.8) is 0 Å². The van der Waals surface area contributed by atoms with Crippen LogP contribution in [0.1, 0.15) is 15.2 Å². The van der Waals surface area contributed by atoms with E-state index in [2.05, 4.69) is 9.97 Å². The van der Waals surface area contributed by atoms with E-state index in [4.69, 9.17) is 9.47 Å². The second kappa shape index (κ2) is 7.12. The van der Waals surface area contributed by atoms with Crippen LogP contribution in [0, 0.1) is 0 Å². The smallest absolute Gasteiger partial charge is 0.416 e. The number of carbonyl (C=O) groups excluding carboxylic acids is 1. The summed E-state index contributed by atoms with van der Waals surface area (Å²) in [5, 5.41) is 1.64. The Morgan fingerprint density at radius 3 is 2.35 bits per heavy atom. The average Bonchev–Trinajstić information content (AvgIpc) is 3.08. The first kappa shape index (κ1) is 17.9. The number of aldehydes is 1. The lowest BCUT2D eigenvalue weighted by molar-refractivity contribution is -0.137. The summed E-state index contributed by atoms with van der Waals surface area (Å²) in [6.45, 7) is 0. The van der Waals surface area contributed by atoms with E-state index in [0.717, 1.165) is 12.1 Å². The third-order valence-electron chi connectivity index (χ3n) is 3.29. The Kier molecular flexibility index (Phi) is 4.90. The van der Waals surface area contributed by atoms with Crippen molar-refractivity contribution in [2.24, 2.45) is 0 Å². The number of hydrogen-bond donors (Lipinski definition) is 0. The molecule has 2 aromatic heterocycles. The summed E-state index contributed by atoms with van der Waals surface area (Å²) in [6, 6.07) is 7.44. The van der Waals surface area contributed by atoms with Crippen molar-refractivity contribution < 1.29 is 27.4 Å². The molecule has 0 amide bonds. The molecule has 0 saturated heterocycles. The van der Waals surface area contributed by atoms with Gasteiger partial charge >= 0.3 is 6.18 Å². The second-order valence-corrected chi connectivity index (χ2v) is 5.99. The molecule has 1 aromatic carbocycles. The van der Waals surface area contributed by atoms with E-state index in [-0.39, 0.29) is 17.6 Å². The summed E-state index contributed by atoms with van der Waals surface area (Å²) < 4.78 is 48.7. The molecule has 0 aliphatic heterocycles. The minimum atomic E-state index is -4.42. The van der Waals surface area contributed by atoms with Crippen LogP contribution in [0.5, 0.6) is 17.5 Å². The van der Waals surface area contributed by atoms with Crippen molar-refractivity contribution in [2.45, 2.75) is 6.18 Å². The number of nitrogens with zero attached hydrogens (tertiary/aromatic N) is 2. The molecule has 0 atom stereocenters. The van der Waals surface area contributed by atoms with Crippen LogP contribution in [0.4, 0.5) is 13.2 Å². The predicted octanol–water partition coefficient (Wildman–Crippen LogP) is 4.84. The molecular formula is C17H11F3N2O3S. The van der Waals surface area contributed by atoms with Gasteiger partial charge in [-0.05, 0) is 12.1 Å². The fraction of sp³-hybridized carbons (Fsp3) is 0.118. The quantitative estimate of drug-likeness (QED) is 0.593. The first-order valence-corrected chi connectivity index (χ1v) is 8.09. The van der Waals surface area contributed by atoms with Crippen LogP contribution in [0.2, 0.25) is 0 Å². The Balaban J connectivity index is 1.93. The van der Waals surface area contributed by atoms with Crippen molar-refractivity contribution >= 4 is 17.6 Å². The molecule has 2 heterocycles. The number of alkyl halides is 3. The van der Waals surface area contributed by atoms with Crippen LogP contribution >= 0.6 is 11.3 Å². The summed E-state index contributed by atoms with van der Waals surface area (Å²) in [7, 11) is 1.40. The lowest BCUT2D eigenvalue weighted by Crippen LogP contribution is -2.04. The fourth-order valence-electron chi connectivity index (χ4n) is 2.07. The molecule has 9 heteroatoms. The van der Waals surface area contributed by atoms with E-state index in [1.165, 1.54) is 36.6 Å². The number of methoxy groups -OCH3 is 1. The Morgan fingerprint density at radius 2 is 1.77 bits per heavy atom. The zero-order chi connectivity index (χ0) is 18.7. The predicted molar refractivity (Wildman–Crippen MR) is 88.8 cm³/mol. The highest BCUT2D eigenvalue weighted by Gasteiger charge is 2.30. The Labute approximate surface area is 150 Å². The van der Waals surface area contributed by atoms with Crippen LogP contribution in [-0.2, 0) is 6.18 Å². The minimum absolute atomic E-state index is 0.141. The highest BCUT2D eigenvalue weighted by Crippen LogP contribution is 2.32. The number of aromatic nitrogens is 2. The zero-order valence-electron chi connectivity index (χ0n) is 13.3. The highest BCUT2D eigenvalue weighted by molar-refractivity contribution is 7.11. The van der Waals surface area contributed by atoms with E-state index in [1.54, 1.807) is 11.4 Å².